The number of nitrogens with zero attached hydrogens (tertiary/aromatic N) is 1. The third-order valence-electron chi connectivity index (χ3n) is 2.22. The van der Waals surface area contributed by atoms with Gasteiger partial charge in [0.25, 0.3) is 0 Å². The number of aliphatic hydroxyl groups is 1. The predicted octanol–water partition coefficient (Wildman–Crippen LogP) is 0.0982. The van der Waals surface area contributed by atoms with Gasteiger partial charge in [-0.15, -0.1) is 0 Å². The summed E-state index contributed by atoms with van der Waals surface area (Å²) < 4.78 is 4.93. The van der Waals surface area contributed by atoms with E-state index in [0.29, 0.717) is 19.1 Å². The number of methoxy groups -OCH3 is 1. The lowest BCUT2D eigenvalue weighted by Crippen LogP contribution is -2.44. The molecule has 0 amide bonds. The number of guanidine groups is 1. The summed E-state index contributed by atoms with van der Waals surface area (Å²) in [5, 5.41) is 11.9. The van der Waals surface area contributed by atoms with Crippen LogP contribution in [0.4, 0.5) is 0 Å². The molecule has 17 heavy (non-hydrogen) atoms. The van der Waals surface area contributed by atoms with Crippen molar-refractivity contribution in [1.82, 2.24) is 5.32 Å². The Morgan fingerprint density at radius 2 is 2.18 bits per heavy atom. The molecular formula is C12H19N3O2. The summed E-state index contributed by atoms with van der Waals surface area (Å²) in [6, 6.07) is 9.60. The lowest BCUT2D eigenvalue weighted by molar-refractivity contribution is 0.137. The SMILES string of the molecule is COCC(CO)NC(N)=NCc1ccccc1. The third kappa shape index (κ3) is 5.33. The van der Waals surface area contributed by atoms with Gasteiger partial charge in [0.05, 0.1) is 25.8 Å². The molecule has 94 valence electrons. The normalized spacial score (nSPS) is 13.4. The number of hydrogen-bond donors (Lipinski definition) is 3. The number of rotatable bonds is 6. The van der Waals surface area contributed by atoms with Gasteiger partial charge in [-0.05, 0) is 5.56 Å². The molecule has 0 spiro atoms. The number of nitrogens with two attached hydrogens (primary N) is 1. The van der Waals surface area contributed by atoms with E-state index in [4.69, 9.17) is 15.6 Å². The van der Waals surface area contributed by atoms with E-state index in [-0.39, 0.29) is 12.6 Å². The largest absolute Gasteiger partial charge is 0.394 e. The summed E-state index contributed by atoms with van der Waals surface area (Å²) >= 11 is 0. The maximum absolute atomic E-state index is 9.04. The molecule has 0 fully saturated rings. The molecule has 0 heterocycles. The molecule has 0 saturated carbocycles. The fourth-order valence-electron chi connectivity index (χ4n) is 1.36. The lowest BCUT2D eigenvalue weighted by atomic mass is 10.2. The van der Waals surface area contributed by atoms with E-state index in [9.17, 15) is 0 Å². The van der Waals surface area contributed by atoms with Crippen LogP contribution in [0.1, 0.15) is 5.56 Å². The van der Waals surface area contributed by atoms with Gasteiger partial charge >= 0.3 is 0 Å². The summed E-state index contributed by atoms with van der Waals surface area (Å²) in [6.07, 6.45) is 0. The van der Waals surface area contributed by atoms with Crippen molar-refractivity contribution >= 4 is 5.96 Å². The Labute approximate surface area is 101 Å². The first-order valence-corrected chi connectivity index (χ1v) is 5.46. The van der Waals surface area contributed by atoms with Gasteiger partial charge in [0.15, 0.2) is 5.96 Å². The van der Waals surface area contributed by atoms with E-state index in [2.05, 4.69) is 10.3 Å². The third-order valence-corrected chi connectivity index (χ3v) is 2.22. The van der Waals surface area contributed by atoms with Crippen LogP contribution >= 0.6 is 0 Å². The topological polar surface area (TPSA) is 79.9 Å². The highest BCUT2D eigenvalue weighted by Gasteiger charge is 2.06. The van der Waals surface area contributed by atoms with Gasteiger partial charge in [-0.1, -0.05) is 30.3 Å². The smallest absolute Gasteiger partial charge is 0.189 e. The average Bonchev–Trinajstić information content (AvgIpc) is 2.37. The van der Waals surface area contributed by atoms with Crippen LogP contribution in [0.5, 0.6) is 0 Å². The van der Waals surface area contributed by atoms with Gasteiger partial charge in [-0.2, -0.15) is 0 Å². The molecule has 0 saturated heterocycles. The Morgan fingerprint density at radius 3 is 2.76 bits per heavy atom. The quantitative estimate of drug-likeness (QED) is 0.484. The maximum atomic E-state index is 9.04. The minimum atomic E-state index is -0.223. The number of nitrogens with one attached hydrogen (secondary N) is 1. The van der Waals surface area contributed by atoms with Crippen molar-refractivity contribution < 1.29 is 9.84 Å². The zero-order chi connectivity index (χ0) is 12.5. The summed E-state index contributed by atoms with van der Waals surface area (Å²) in [5.41, 5.74) is 6.79. The highest BCUT2D eigenvalue weighted by Crippen LogP contribution is 1.99. The second-order valence-corrected chi connectivity index (χ2v) is 3.67. The van der Waals surface area contributed by atoms with Gasteiger partial charge in [0.1, 0.15) is 0 Å². The Balaban J connectivity index is 2.43. The lowest BCUT2D eigenvalue weighted by Gasteiger charge is -2.15. The molecule has 0 aromatic heterocycles. The Kier molecular flexibility index (Phi) is 6.06. The molecule has 1 aromatic carbocycles. The van der Waals surface area contributed by atoms with E-state index >= 15 is 0 Å². The van der Waals surface area contributed by atoms with E-state index in [1.54, 1.807) is 7.11 Å². The van der Waals surface area contributed by atoms with Crippen LogP contribution < -0.4 is 11.1 Å². The molecule has 0 radical (unpaired) electrons. The number of ether oxygens (including phenoxy) is 1. The zero-order valence-corrected chi connectivity index (χ0v) is 9.97. The molecule has 0 aliphatic heterocycles. The van der Waals surface area contributed by atoms with Crippen molar-refractivity contribution in [3.05, 3.63) is 35.9 Å². The van der Waals surface area contributed by atoms with Crippen molar-refractivity contribution in [2.45, 2.75) is 12.6 Å². The number of hydrogen-bond acceptors (Lipinski definition) is 3. The van der Waals surface area contributed by atoms with Gasteiger partial charge in [0, 0.05) is 7.11 Å². The zero-order valence-electron chi connectivity index (χ0n) is 9.97. The Morgan fingerprint density at radius 1 is 1.47 bits per heavy atom. The first-order chi connectivity index (χ1) is 8.26. The van der Waals surface area contributed by atoms with Crippen molar-refractivity contribution in [2.75, 3.05) is 20.3 Å². The number of aliphatic imine (C=N–C) groups is 1. The second-order valence-electron chi connectivity index (χ2n) is 3.67. The van der Waals surface area contributed by atoms with Crippen molar-refractivity contribution in [3.8, 4) is 0 Å². The molecule has 1 atom stereocenters. The standard InChI is InChI=1S/C12H19N3O2/c1-17-9-11(8-16)15-12(13)14-7-10-5-3-2-4-6-10/h2-6,11,16H,7-9H2,1H3,(H3,13,14,15). The molecule has 1 unspecified atom stereocenters. The number of benzene rings is 1. The minimum absolute atomic E-state index is 0.0462. The van der Waals surface area contributed by atoms with E-state index in [1.165, 1.54) is 0 Å². The van der Waals surface area contributed by atoms with Gasteiger partial charge < -0.3 is 20.9 Å². The van der Waals surface area contributed by atoms with Crippen LogP contribution in [0.25, 0.3) is 0 Å². The molecule has 4 N–H and O–H groups in total. The molecule has 1 aromatic rings. The second kappa shape index (κ2) is 7.65. The summed E-state index contributed by atoms with van der Waals surface area (Å²) in [7, 11) is 1.57. The van der Waals surface area contributed by atoms with Crippen molar-refractivity contribution in [2.24, 2.45) is 10.7 Å². The molecule has 5 nitrogen and oxygen atoms in total. The first kappa shape index (κ1) is 13.5. The van der Waals surface area contributed by atoms with Gasteiger partial charge in [-0.25, -0.2) is 4.99 Å². The molecular weight excluding hydrogens is 218 g/mol. The Hall–Kier alpha value is -1.59. The van der Waals surface area contributed by atoms with Crippen LogP contribution in [-0.2, 0) is 11.3 Å². The van der Waals surface area contributed by atoms with Crippen LogP contribution in [-0.4, -0.2) is 37.4 Å². The monoisotopic (exact) mass is 237 g/mol. The Bertz CT molecular complexity index is 341. The van der Waals surface area contributed by atoms with E-state index in [1.807, 2.05) is 30.3 Å². The van der Waals surface area contributed by atoms with Crippen LogP contribution in [0, 0.1) is 0 Å². The molecule has 1 rings (SSSR count). The maximum Gasteiger partial charge on any atom is 0.189 e. The van der Waals surface area contributed by atoms with Crippen molar-refractivity contribution in [3.63, 3.8) is 0 Å². The molecule has 5 heteroatoms. The van der Waals surface area contributed by atoms with Gasteiger partial charge in [-0.3, -0.25) is 0 Å². The summed E-state index contributed by atoms with van der Waals surface area (Å²) in [6.45, 7) is 0.859. The molecule has 0 aliphatic rings. The van der Waals surface area contributed by atoms with Crippen LogP contribution in [0.2, 0.25) is 0 Å². The van der Waals surface area contributed by atoms with Gasteiger partial charge in [0.2, 0.25) is 0 Å². The fourth-order valence-corrected chi connectivity index (χ4v) is 1.36. The summed E-state index contributed by atoms with van der Waals surface area (Å²) in [4.78, 5) is 4.18. The predicted molar refractivity (Wildman–Crippen MR) is 67.7 cm³/mol. The highest BCUT2D eigenvalue weighted by molar-refractivity contribution is 5.78. The molecule has 0 aliphatic carbocycles. The van der Waals surface area contributed by atoms with E-state index in [0.717, 1.165) is 5.56 Å². The first-order valence-electron chi connectivity index (χ1n) is 5.46. The van der Waals surface area contributed by atoms with Crippen molar-refractivity contribution in [1.29, 1.82) is 0 Å². The average molecular weight is 237 g/mol. The van der Waals surface area contributed by atoms with Crippen LogP contribution in [0.15, 0.2) is 35.3 Å². The highest BCUT2D eigenvalue weighted by atomic mass is 16.5. The fraction of sp³-hybridized carbons (Fsp3) is 0.417. The van der Waals surface area contributed by atoms with Crippen LogP contribution in [0.3, 0.4) is 0 Å². The van der Waals surface area contributed by atoms with E-state index < -0.39 is 0 Å². The number of aliphatic hydroxyl groups excluding tert-OH is 1. The molecule has 0 bridgehead atoms. The summed E-state index contributed by atoms with van der Waals surface area (Å²) in [5.74, 6) is 0.310. The minimum Gasteiger partial charge on any atom is -0.394 e.